The molecule has 5 nitrogen and oxygen atoms in total. The zero-order valence-corrected chi connectivity index (χ0v) is 12.5. The van der Waals surface area contributed by atoms with Gasteiger partial charge < -0.3 is 9.73 Å². The van der Waals surface area contributed by atoms with Crippen LogP contribution in [0.4, 0.5) is 10.3 Å². The van der Waals surface area contributed by atoms with Crippen molar-refractivity contribution >= 4 is 17.0 Å². The number of halogens is 1. The molecule has 0 amide bonds. The molecule has 2 aromatic heterocycles. The second kappa shape index (κ2) is 4.98. The van der Waals surface area contributed by atoms with E-state index in [2.05, 4.69) is 15.3 Å². The topological polar surface area (TPSA) is 70.9 Å². The van der Waals surface area contributed by atoms with Gasteiger partial charge in [-0.25, -0.2) is 9.37 Å². The lowest BCUT2D eigenvalue weighted by Gasteiger charge is -2.20. The first-order valence-electron chi connectivity index (χ1n) is 6.90. The number of benzene rings is 1. The maximum absolute atomic E-state index is 13.0. The maximum Gasteiger partial charge on any atom is 0.295 e. The largest absolute Gasteiger partial charge is 0.449 e. The number of fused-ring (bicyclic) bond motifs is 1. The molecule has 0 saturated heterocycles. The normalized spacial score (nSPS) is 11.8. The Morgan fingerprint density at radius 2 is 1.91 bits per heavy atom. The third-order valence-electron chi connectivity index (χ3n) is 3.01. The predicted molar refractivity (Wildman–Crippen MR) is 83.4 cm³/mol. The Balaban J connectivity index is 2.08. The summed E-state index contributed by atoms with van der Waals surface area (Å²) in [4.78, 5) is 19.1. The number of nitrogens with zero attached hydrogens (tertiary/aromatic N) is 1. The summed E-state index contributed by atoms with van der Waals surface area (Å²) in [6.45, 7) is 5.91. The minimum Gasteiger partial charge on any atom is -0.449 e. The minimum absolute atomic E-state index is 0.152. The van der Waals surface area contributed by atoms with Gasteiger partial charge in [0.05, 0.1) is 0 Å². The van der Waals surface area contributed by atoms with Crippen LogP contribution in [-0.4, -0.2) is 15.5 Å². The van der Waals surface area contributed by atoms with E-state index >= 15 is 0 Å². The summed E-state index contributed by atoms with van der Waals surface area (Å²) in [6, 6.07) is 7.54. The van der Waals surface area contributed by atoms with Crippen LogP contribution in [0.2, 0.25) is 0 Å². The highest BCUT2D eigenvalue weighted by molar-refractivity contribution is 5.79. The molecule has 0 spiro atoms. The third kappa shape index (κ3) is 2.86. The molecular weight excluding hydrogens is 285 g/mol. The van der Waals surface area contributed by atoms with Gasteiger partial charge >= 0.3 is 0 Å². The molecule has 0 radical (unpaired) electrons. The van der Waals surface area contributed by atoms with E-state index in [-0.39, 0.29) is 22.5 Å². The molecule has 0 saturated carbocycles. The minimum atomic E-state index is -0.356. The monoisotopic (exact) mass is 301 g/mol. The van der Waals surface area contributed by atoms with Crippen LogP contribution in [0.5, 0.6) is 0 Å². The third-order valence-corrected chi connectivity index (χ3v) is 3.01. The number of aromatic nitrogens is 2. The lowest BCUT2D eigenvalue weighted by molar-refractivity contribution is 0.615. The first kappa shape index (κ1) is 14.3. The Kier molecular flexibility index (Phi) is 3.24. The fourth-order valence-corrected chi connectivity index (χ4v) is 2.11. The van der Waals surface area contributed by atoms with Gasteiger partial charge in [-0.1, -0.05) is 0 Å². The predicted octanol–water partition coefficient (Wildman–Crippen LogP) is 3.53. The summed E-state index contributed by atoms with van der Waals surface area (Å²) in [5.41, 5.74) is 0.704. The van der Waals surface area contributed by atoms with Gasteiger partial charge in [0.1, 0.15) is 17.1 Å². The second-order valence-electron chi connectivity index (χ2n) is 6.12. The van der Waals surface area contributed by atoms with Crippen molar-refractivity contribution in [1.29, 1.82) is 0 Å². The average molecular weight is 301 g/mol. The van der Waals surface area contributed by atoms with E-state index in [1.165, 1.54) is 12.1 Å². The molecule has 0 unspecified atom stereocenters. The number of nitrogens with one attached hydrogen (secondary N) is 2. The van der Waals surface area contributed by atoms with Crippen molar-refractivity contribution in [2.75, 3.05) is 5.32 Å². The number of hydrogen-bond acceptors (Lipinski definition) is 4. The van der Waals surface area contributed by atoms with Crippen LogP contribution in [-0.2, 0) is 0 Å². The number of rotatable bonds is 2. The van der Waals surface area contributed by atoms with Crippen LogP contribution in [0, 0.1) is 5.82 Å². The van der Waals surface area contributed by atoms with E-state index in [1.54, 1.807) is 18.2 Å². The van der Waals surface area contributed by atoms with Crippen LogP contribution in [0.15, 0.2) is 39.5 Å². The van der Waals surface area contributed by atoms with Crippen LogP contribution in [0.1, 0.15) is 20.8 Å². The molecule has 114 valence electrons. The SMILES string of the molecule is CC(C)(C)Nc1nc2cc(-c3ccc(F)cc3)oc2c(=O)[nH]1. The lowest BCUT2D eigenvalue weighted by atomic mass is 10.1. The van der Waals surface area contributed by atoms with E-state index in [1.807, 2.05) is 20.8 Å². The molecule has 0 aliphatic carbocycles. The summed E-state index contributed by atoms with van der Waals surface area (Å²) >= 11 is 0. The lowest BCUT2D eigenvalue weighted by Crippen LogP contribution is -2.28. The smallest absolute Gasteiger partial charge is 0.295 e. The first-order chi connectivity index (χ1) is 10.3. The summed E-state index contributed by atoms with van der Waals surface area (Å²) < 4.78 is 18.5. The molecule has 0 aliphatic rings. The van der Waals surface area contributed by atoms with E-state index in [9.17, 15) is 9.18 Å². The molecule has 0 bridgehead atoms. The summed E-state index contributed by atoms with van der Waals surface area (Å²) in [5, 5.41) is 3.11. The van der Waals surface area contributed by atoms with Crippen molar-refractivity contribution in [3.63, 3.8) is 0 Å². The van der Waals surface area contributed by atoms with Crippen molar-refractivity contribution in [1.82, 2.24) is 9.97 Å². The standard InChI is InChI=1S/C16H16FN3O2/c1-16(2,3)20-15-18-11-8-12(22-13(11)14(21)19-15)9-4-6-10(17)7-5-9/h4-8H,1-3H3,(H2,18,19,20,21). The Morgan fingerprint density at radius 1 is 1.23 bits per heavy atom. The number of H-pyrrole nitrogens is 1. The number of hydrogen-bond donors (Lipinski definition) is 2. The second-order valence-corrected chi connectivity index (χ2v) is 6.12. The Labute approximate surface area is 126 Å². The number of furan rings is 1. The van der Waals surface area contributed by atoms with E-state index < -0.39 is 0 Å². The van der Waals surface area contributed by atoms with Crippen LogP contribution < -0.4 is 10.9 Å². The van der Waals surface area contributed by atoms with E-state index in [0.29, 0.717) is 22.8 Å². The molecule has 3 aromatic rings. The van der Waals surface area contributed by atoms with E-state index in [4.69, 9.17) is 4.42 Å². The molecule has 2 N–H and O–H groups in total. The van der Waals surface area contributed by atoms with Crippen LogP contribution in [0.25, 0.3) is 22.4 Å². The molecular formula is C16H16FN3O2. The fourth-order valence-electron chi connectivity index (χ4n) is 2.11. The van der Waals surface area contributed by atoms with Crippen molar-refractivity contribution in [2.24, 2.45) is 0 Å². The van der Waals surface area contributed by atoms with Gasteiger partial charge in [0, 0.05) is 17.2 Å². The van der Waals surface area contributed by atoms with Crippen LogP contribution in [0.3, 0.4) is 0 Å². The van der Waals surface area contributed by atoms with Gasteiger partial charge in [-0.15, -0.1) is 0 Å². The molecule has 22 heavy (non-hydrogen) atoms. The maximum atomic E-state index is 13.0. The average Bonchev–Trinajstić information content (AvgIpc) is 2.82. The summed E-state index contributed by atoms with van der Waals surface area (Å²) in [6.07, 6.45) is 0. The Hall–Kier alpha value is -2.63. The summed E-state index contributed by atoms with van der Waals surface area (Å²) in [5.74, 6) is 0.532. The Bertz CT molecular complexity index is 873. The van der Waals surface area contributed by atoms with Gasteiger partial charge in [0.25, 0.3) is 5.56 Å². The van der Waals surface area contributed by atoms with Crippen molar-refractivity contribution in [2.45, 2.75) is 26.3 Å². The van der Waals surface area contributed by atoms with Gasteiger partial charge in [-0.3, -0.25) is 9.78 Å². The molecule has 0 aliphatic heterocycles. The van der Waals surface area contributed by atoms with Gasteiger partial charge in [-0.2, -0.15) is 0 Å². The quantitative estimate of drug-likeness (QED) is 0.759. The highest BCUT2D eigenvalue weighted by Crippen LogP contribution is 2.25. The summed E-state index contributed by atoms with van der Waals surface area (Å²) in [7, 11) is 0. The number of aromatic amines is 1. The molecule has 2 heterocycles. The van der Waals surface area contributed by atoms with Gasteiger partial charge in [0.15, 0.2) is 0 Å². The van der Waals surface area contributed by atoms with Crippen molar-refractivity contribution < 1.29 is 8.81 Å². The fraction of sp³-hybridized carbons (Fsp3) is 0.250. The van der Waals surface area contributed by atoms with Gasteiger partial charge in [-0.05, 0) is 45.0 Å². The molecule has 0 atom stereocenters. The van der Waals surface area contributed by atoms with Crippen molar-refractivity contribution in [3.05, 3.63) is 46.5 Å². The zero-order valence-electron chi connectivity index (χ0n) is 12.5. The first-order valence-corrected chi connectivity index (χ1v) is 6.90. The molecule has 6 heteroatoms. The molecule has 3 rings (SSSR count). The van der Waals surface area contributed by atoms with E-state index in [0.717, 1.165) is 0 Å². The number of anilines is 1. The molecule has 1 aromatic carbocycles. The highest BCUT2D eigenvalue weighted by atomic mass is 19.1. The highest BCUT2D eigenvalue weighted by Gasteiger charge is 2.15. The van der Waals surface area contributed by atoms with Gasteiger partial charge in [0.2, 0.25) is 11.5 Å². The Morgan fingerprint density at radius 3 is 2.55 bits per heavy atom. The van der Waals surface area contributed by atoms with Crippen molar-refractivity contribution in [3.8, 4) is 11.3 Å². The molecule has 0 fully saturated rings. The zero-order chi connectivity index (χ0) is 15.9. The van der Waals surface area contributed by atoms with Crippen LogP contribution >= 0.6 is 0 Å².